The summed E-state index contributed by atoms with van der Waals surface area (Å²) >= 11 is 0. The van der Waals surface area contributed by atoms with E-state index in [0.29, 0.717) is 28.7 Å². The molecule has 2 heterocycles. The van der Waals surface area contributed by atoms with E-state index in [1.165, 1.54) is 0 Å². The Kier molecular flexibility index (Phi) is 5.73. The highest BCUT2D eigenvalue weighted by atomic mass is 16.6. The van der Waals surface area contributed by atoms with Gasteiger partial charge in [-0.3, -0.25) is 0 Å². The van der Waals surface area contributed by atoms with Crippen LogP contribution in [-0.2, 0) is 16.0 Å². The van der Waals surface area contributed by atoms with Crippen LogP contribution in [0.4, 0.5) is 5.82 Å². The van der Waals surface area contributed by atoms with Gasteiger partial charge < -0.3 is 24.5 Å². The zero-order valence-electron chi connectivity index (χ0n) is 17.7. The van der Waals surface area contributed by atoms with E-state index in [-0.39, 0.29) is 18.0 Å². The largest absolute Gasteiger partial charge is 0.496 e. The molecule has 160 valence electrons. The number of methoxy groups -OCH3 is 2. The summed E-state index contributed by atoms with van der Waals surface area (Å²) < 4.78 is 17.9. The van der Waals surface area contributed by atoms with E-state index in [4.69, 9.17) is 29.9 Å². The first kappa shape index (κ1) is 20.6. The highest BCUT2D eigenvalue weighted by Crippen LogP contribution is 2.31. The van der Waals surface area contributed by atoms with E-state index in [1.54, 1.807) is 25.7 Å². The van der Waals surface area contributed by atoms with Crippen molar-refractivity contribution < 1.29 is 19.0 Å². The molecule has 0 aliphatic rings. The van der Waals surface area contributed by atoms with Crippen molar-refractivity contribution in [1.82, 2.24) is 14.5 Å². The van der Waals surface area contributed by atoms with Crippen LogP contribution in [0.15, 0.2) is 48.5 Å². The van der Waals surface area contributed by atoms with Gasteiger partial charge in [0.1, 0.15) is 28.8 Å². The lowest BCUT2D eigenvalue weighted by Crippen LogP contribution is -2.20. The van der Waals surface area contributed by atoms with Gasteiger partial charge in [-0.25, -0.2) is 14.8 Å². The summed E-state index contributed by atoms with van der Waals surface area (Å²) in [6.45, 7) is 2.40. The van der Waals surface area contributed by atoms with Crippen LogP contribution in [0.1, 0.15) is 22.8 Å². The van der Waals surface area contributed by atoms with Gasteiger partial charge in [-0.1, -0.05) is 30.3 Å². The molecule has 4 aromatic rings. The van der Waals surface area contributed by atoms with E-state index in [9.17, 15) is 4.79 Å². The summed E-state index contributed by atoms with van der Waals surface area (Å²) in [5.41, 5.74) is 9.87. The molecule has 0 fully saturated rings. The Morgan fingerprint density at radius 2 is 1.74 bits per heavy atom. The lowest BCUT2D eigenvalue weighted by atomic mass is 10.2. The number of hydrogen-bond acceptors (Lipinski definition) is 7. The minimum absolute atomic E-state index is 0.200. The highest BCUT2D eigenvalue weighted by Gasteiger charge is 2.26. The number of fused-ring (bicyclic) bond motifs is 2. The van der Waals surface area contributed by atoms with Crippen LogP contribution in [0.25, 0.3) is 22.2 Å². The first-order valence-corrected chi connectivity index (χ1v) is 9.89. The Hall–Kier alpha value is -3.65. The summed E-state index contributed by atoms with van der Waals surface area (Å²) in [7, 11) is 3.17. The third-order valence-electron chi connectivity index (χ3n) is 5.03. The molecule has 0 unspecified atom stereocenters. The molecule has 0 saturated carbocycles. The van der Waals surface area contributed by atoms with E-state index in [1.807, 2.05) is 48.5 Å². The zero-order chi connectivity index (χ0) is 22.0. The molecule has 8 nitrogen and oxygen atoms in total. The standard InChI is InChI=1S/C23H24N4O4/c1-14(13-29-2)31-23(28)19-20-22(26-17-10-6-5-9-16(17)25-20)27(21(19)24)12-15-8-4-7-11-18(15)30-3/h4-11,14H,12-13,24H2,1-3H3/t14-/m1/s1. The number of anilines is 1. The molecule has 31 heavy (non-hydrogen) atoms. The number of nitrogen functional groups attached to an aromatic ring is 1. The van der Waals surface area contributed by atoms with Crippen molar-refractivity contribution in [2.45, 2.75) is 19.6 Å². The first-order valence-electron chi connectivity index (χ1n) is 9.89. The van der Waals surface area contributed by atoms with Crippen molar-refractivity contribution in [2.24, 2.45) is 0 Å². The second-order valence-electron chi connectivity index (χ2n) is 7.21. The quantitative estimate of drug-likeness (QED) is 0.457. The normalized spacial score (nSPS) is 12.2. The monoisotopic (exact) mass is 420 g/mol. The number of aromatic nitrogens is 3. The van der Waals surface area contributed by atoms with Gasteiger partial charge in [-0.15, -0.1) is 0 Å². The smallest absolute Gasteiger partial charge is 0.344 e. The van der Waals surface area contributed by atoms with Crippen molar-refractivity contribution in [2.75, 3.05) is 26.6 Å². The molecule has 2 aromatic carbocycles. The van der Waals surface area contributed by atoms with Gasteiger partial charge in [0.25, 0.3) is 0 Å². The third kappa shape index (κ3) is 3.89. The number of hydrogen-bond donors (Lipinski definition) is 1. The number of nitrogens with zero attached hydrogens (tertiary/aromatic N) is 3. The van der Waals surface area contributed by atoms with E-state index in [2.05, 4.69) is 0 Å². The van der Waals surface area contributed by atoms with E-state index < -0.39 is 12.1 Å². The van der Waals surface area contributed by atoms with Gasteiger partial charge in [0, 0.05) is 12.7 Å². The minimum atomic E-state index is -0.560. The van der Waals surface area contributed by atoms with E-state index >= 15 is 0 Å². The molecule has 0 radical (unpaired) electrons. The van der Waals surface area contributed by atoms with Crippen LogP contribution in [-0.4, -0.2) is 47.4 Å². The summed E-state index contributed by atoms with van der Waals surface area (Å²) in [4.78, 5) is 22.5. The Morgan fingerprint density at radius 1 is 1.06 bits per heavy atom. The Bertz CT molecular complexity index is 1250. The minimum Gasteiger partial charge on any atom is -0.496 e. The van der Waals surface area contributed by atoms with Crippen LogP contribution in [0.2, 0.25) is 0 Å². The van der Waals surface area contributed by atoms with Crippen molar-refractivity contribution in [3.63, 3.8) is 0 Å². The number of esters is 1. The van der Waals surface area contributed by atoms with Crippen LogP contribution in [0.5, 0.6) is 5.75 Å². The lowest BCUT2D eigenvalue weighted by molar-refractivity contribution is 0.0123. The fourth-order valence-corrected chi connectivity index (χ4v) is 3.59. The molecule has 4 rings (SSSR count). The highest BCUT2D eigenvalue weighted by molar-refractivity contribution is 6.08. The van der Waals surface area contributed by atoms with Gasteiger partial charge >= 0.3 is 5.97 Å². The number of benzene rings is 2. The van der Waals surface area contributed by atoms with Gasteiger partial charge in [0.15, 0.2) is 5.65 Å². The van der Waals surface area contributed by atoms with Crippen molar-refractivity contribution in [1.29, 1.82) is 0 Å². The molecule has 8 heteroatoms. The predicted octanol–water partition coefficient (Wildman–Crippen LogP) is 3.42. The van der Waals surface area contributed by atoms with Crippen LogP contribution >= 0.6 is 0 Å². The molecule has 0 saturated heterocycles. The molecule has 0 spiro atoms. The fourth-order valence-electron chi connectivity index (χ4n) is 3.59. The van der Waals surface area contributed by atoms with Gasteiger partial charge in [-0.2, -0.15) is 0 Å². The number of rotatable bonds is 7. The Labute approximate surface area is 179 Å². The maximum atomic E-state index is 13.0. The van der Waals surface area contributed by atoms with Crippen molar-refractivity contribution >= 4 is 34.0 Å². The van der Waals surface area contributed by atoms with Crippen LogP contribution in [0.3, 0.4) is 0 Å². The second-order valence-corrected chi connectivity index (χ2v) is 7.21. The lowest BCUT2D eigenvalue weighted by Gasteiger charge is -2.13. The number of carbonyl (C=O) groups excluding carboxylic acids is 1. The molecule has 2 aromatic heterocycles. The molecule has 0 amide bonds. The molecule has 0 bridgehead atoms. The zero-order valence-corrected chi connectivity index (χ0v) is 17.7. The Balaban J connectivity index is 1.89. The summed E-state index contributed by atoms with van der Waals surface area (Å²) in [5.74, 6) is 0.400. The number of ether oxygens (including phenoxy) is 3. The van der Waals surface area contributed by atoms with E-state index in [0.717, 1.165) is 11.3 Å². The maximum Gasteiger partial charge on any atom is 0.344 e. The molecule has 0 aliphatic heterocycles. The Morgan fingerprint density at radius 3 is 2.45 bits per heavy atom. The average molecular weight is 420 g/mol. The molecule has 1 atom stereocenters. The number of para-hydroxylation sites is 3. The SMILES string of the molecule is COC[C@@H](C)OC(=O)c1c(N)n(Cc2ccccc2OC)c2nc3ccccc3nc12. The van der Waals surface area contributed by atoms with Crippen LogP contribution < -0.4 is 10.5 Å². The second kappa shape index (κ2) is 8.61. The summed E-state index contributed by atoms with van der Waals surface area (Å²) in [5, 5.41) is 0. The van der Waals surface area contributed by atoms with Gasteiger partial charge in [0.05, 0.1) is 31.3 Å². The third-order valence-corrected chi connectivity index (χ3v) is 5.03. The van der Waals surface area contributed by atoms with Gasteiger partial charge in [-0.05, 0) is 25.1 Å². The topological polar surface area (TPSA) is 101 Å². The van der Waals surface area contributed by atoms with Crippen molar-refractivity contribution in [3.05, 3.63) is 59.7 Å². The average Bonchev–Trinajstić information content (AvgIpc) is 3.03. The van der Waals surface area contributed by atoms with Crippen molar-refractivity contribution in [3.8, 4) is 5.75 Å². The molecule has 2 N–H and O–H groups in total. The van der Waals surface area contributed by atoms with Gasteiger partial charge in [0.2, 0.25) is 0 Å². The summed E-state index contributed by atoms with van der Waals surface area (Å²) in [6.07, 6.45) is -0.432. The maximum absolute atomic E-state index is 13.0. The fraction of sp³-hybridized carbons (Fsp3) is 0.261. The number of nitrogens with two attached hydrogens (primary N) is 1. The molecule has 0 aliphatic carbocycles. The number of carbonyl (C=O) groups is 1. The predicted molar refractivity (Wildman–Crippen MR) is 118 cm³/mol. The summed E-state index contributed by atoms with van der Waals surface area (Å²) in [6, 6.07) is 15.1. The molecular weight excluding hydrogens is 396 g/mol. The molecular formula is C23H24N4O4. The first-order chi connectivity index (χ1) is 15.0. The van der Waals surface area contributed by atoms with Crippen LogP contribution in [0, 0.1) is 0 Å².